The second-order valence-electron chi connectivity index (χ2n) is 4.14. The van der Waals surface area contributed by atoms with Gasteiger partial charge in [-0.25, -0.2) is 9.89 Å². The van der Waals surface area contributed by atoms with E-state index in [1.165, 1.54) is 0 Å². The Morgan fingerprint density at radius 1 is 1.59 bits per heavy atom. The van der Waals surface area contributed by atoms with Gasteiger partial charge in [0.1, 0.15) is 0 Å². The third kappa shape index (κ3) is 4.55. The summed E-state index contributed by atoms with van der Waals surface area (Å²) in [6.07, 6.45) is 3.22. The molecule has 0 fully saturated rings. The van der Waals surface area contributed by atoms with Crippen LogP contribution in [-0.2, 0) is 6.54 Å². The molecule has 0 saturated carbocycles. The van der Waals surface area contributed by atoms with Crippen LogP contribution in [0.25, 0.3) is 0 Å². The molecule has 98 valence electrons. The zero-order chi connectivity index (χ0) is 12.7. The molecular formula is C11H22N4OS. The number of H-pyrrole nitrogens is 1. The molecule has 0 amide bonds. The zero-order valence-electron chi connectivity index (χ0n) is 10.8. The fourth-order valence-electron chi connectivity index (χ4n) is 1.53. The molecule has 1 unspecified atom stereocenters. The Kier molecular flexibility index (Phi) is 6.36. The van der Waals surface area contributed by atoms with Crippen molar-refractivity contribution in [1.29, 1.82) is 0 Å². The maximum absolute atomic E-state index is 11.4. The van der Waals surface area contributed by atoms with Gasteiger partial charge in [-0.2, -0.15) is 0 Å². The van der Waals surface area contributed by atoms with Crippen LogP contribution >= 0.6 is 11.8 Å². The van der Waals surface area contributed by atoms with Crippen molar-refractivity contribution in [2.75, 3.05) is 12.8 Å². The molecule has 0 aromatic carbocycles. The van der Waals surface area contributed by atoms with Crippen molar-refractivity contribution in [3.63, 3.8) is 0 Å². The summed E-state index contributed by atoms with van der Waals surface area (Å²) in [6, 6.07) is 0.549. The second-order valence-corrected chi connectivity index (χ2v) is 5.21. The van der Waals surface area contributed by atoms with E-state index in [1.807, 2.05) is 7.05 Å². The topological polar surface area (TPSA) is 62.7 Å². The van der Waals surface area contributed by atoms with E-state index >= 15 is 0 Å². The van der Waals surface area contributed by atoms with Crippen LogP contribution in [0.3, 0.4) is 0 Å². The van der Waals surface area contributed by atoms with Gasteiger partial charge in [0.25, 0.3) is 0 Å². The Balaban J connectivity index is 2.38. The molecule has 17 heavy (non-hydrogen) atoms. The van der Waals surface area contributed by atoms with E-state index in [1.54, 1.807) is 16.3 Å². The van der Waals surface area contributed by atoms with E-state index in [4.69, 9.17) is 0 Å². The molecule has 0 aliphatic heterocycles. The first kappa shape index (κ1) is 14.3. The van der Waals surface area contributed by atoms with Gasteiger partial charge >= 0.3 is 5.69 Å². The van der Waals surface area contributed by atoms with Crippen molar-refractivity contribution in [2.45, 2.75) is 50.9 Å². The number of nitrogens with zero attached hydrogens (tertiary/aromatic N) is 2. The molecule has 0 spiro atoms. The van der Waals surface area contributed by atoms with Gasteiger partial charge < -0.3 is 5.32 Å². The monoisotopic (exact) mass is 258 g/mol. The average molecular weight is 258 g/mol. The van der Waals surface area contributed by atoms with E-state index in [-0.39, 0.29) is 5.69 Å². The molecule has 2 N–H and O–H groups in total. The summed E-state index contributed by atoms with van der Waals surface area (Å²) in [7, 11) is 1.98. The maximum Gasteiger partial charge on any atom is 0.343 e. The van der Waals surface area contributed by atoms with Gasteiger partial charge in [0.05, 0.1) is 0 Å². The zero-order valence-corrected chi connectivity index (χ0v) is 11.6. The molecule has 0 aliphatic carbocycles. The largest absolute Gasteiger partial charge is 0.343 e. The molecule has 1 aromatic heterocycles. The number of aromatic nitrogens is 3. The van der Waals surface area contributed by atoms with Crippen LogP contribution in [0.2, 0.25) is 0 Å². The van der Waals surface area contributed by atoms with Crippen molar-refractivity contribution in [3.8, 4) is 0 Å². The molecule has 1 rings (SSSR count). The van der Waals surface area contributed by atoms with Gasteiger partial charge in [-0.05, 0) is 33.2 Å². The Labute approximate surface area is 106 Å². The number of hydrogen-bond donors (Lipinski definition) is 2. The average Bonchev–Trinajstić information content (AvgIpc) is 2.67. The number of thioether (sulfide) groups is 1. The van der Waals surface area contributed by atoms with Crippen molar-refractivity contribution >= 4 is 11.8 Å². The SMILES string of the molecule is CCCn1c(SCCCC(C)NC)n[nH]c1=O. The highest BCUT2D eigenvalue weighted by molar-refractivity contribution is 7.99. The molecule has 0 saturated heterocycles. The van der Waals surface area contributed by atoms with E-state index < -0.39 is 0 Å². The van der Waals surface area contributed by atoms with Gasteiger partial charge in [-0.3, -0.25) is 4.57 Å². The Morgan fingerprint density at radius 3 is 3.00 bits per heavy atom. The summed E-state index contributed by atoms with van der Waals surface area (Å²) in [5.74, 6) is 1.00. The van der Waals surface area contributed by atoms with E-state index in [9.17, 15) is 4.79 Å². The van der Waals surface area contributed by atoms with Gasteiger partial charge in [0, 0.05) is 18.3 Å². The van der Waals surface area contributed by atoms with Gasteiger partial charge in [0.2, 0.25) is 0 Å². The molecule has 5 nitrogen and oxygen atoms in total. The minimum absolute atomic E-state index is 0.0991. The van der Waals surface area contributed by atoms with Crippen LogP contribution in [0.15, 0.2) is 9.95 Å². The molecule has 0 radical (unpaired) electrons. The van der Waals surface area contributed by atoms with Crippen LogP contribution in [0.1, 0.15) is 33.1 Å². The van der Waals surface area contributed by atoms with Crippen LogP contribution < -0.4 is 11.0 Å². The molecule has 1 heterocycles. The number of nitrogens with one attached hydrogen (secondary N) is 2. The minimum atomic E-state index is -0.0991. The molecule has 0 aliphatic rings. The Hall–Kier alpha value is -0.750. The maximum atomic E-state index is 11.4. The van der Waals surface area contributed by atoms with Gasteiger partial charge in [-0.15, -0.1) is 5.10 Å². The third-order valence-electron chi connectivity index (χ3n) is 2.68. The summed E-state index contributed by atoms with van der Waals surface area (Å²) in [5.41, 5.74) is -0.0991. The Morgan fingerprint density at radius 2 is 2.35 bits per heavy atom. The molecule has 6 heteroatoms. The van der Waals surface area contributed by atoms with Crippen molar-refractivity contribution in [1.82, 2.24) is 20.1 Å². The van der Waals surface area contributed by atoms with Crippen molar-refractivity contribution in [3.05, 3.63) is 10.5 Å². The number of aromatic amines is 1. The number of rotatable bonds is 8. The van der Waals surface area contributed by atoms with Crippen LogP contribution in [0.5, 0.6) is 0 Å². The summed E-state index contributed by atoms with van der Waals surface area (Å²) < 4.78 is 1.71. The smallest absolute Gasteiger partial charge is 0.317 e. The lowest BCUT2D eigenvalue weighted by Gasteiger charge is -2.09. The lowest BCUT2D eigenvalue weighted by atomic mass is 10.2. The number of hydrogen-bond acceptors (Lipinski definition) is 4. The van der Waals surface area contributed by atoms with Crippen LogP contribution in [0, 0.1) is 0 Å². The highest BCUT2D eigenvalue weighted by Crippen LogP contribution is 2.15. The lowest BCUT2D eigenvalue weighted by Crippen LogP contribution is -2.21. The molecule has 1 atom stereocenters. The Bertz CT molecular complexity index is 374. The van der Waals surface area contributed by atoms with Crippen LogP contribution in [0.4, 0.5) is 0 Å². The fourth-order valence-corrected chi connectivity index (χ4v) is 2.47. The highest BCUT2D eigenvalue weighted by Gasteiger charge is 2.07. The first-order valence-electron chi connectivity index (χ1n) is 6.14. The van der Waals surface area contributed by atoms with E-state index in [0.717, 1.165) is 36.7 Å². The second kappa shape index (κ2) is 7.55. The summed E-state index contributed by atoms with van der Waals surface area (Å²) >= 11 is 1.65. The fraction of sp³-hybridized carbons (Fsp3) is 0.818. The first-order valence-corrected chi connectivity index (χ1v) is 7.12. The summed E-state index contributed by atoms with van der Waals surface area (Å²) in [5, 5.41) is 10.6. The van der Waals surface area contributed by atoms with Crippen molar-refractivity contribution < 1.29 is 0 Å². The lowest BCUT2D eigenvalue weighted by molar-refractivity contribution is 0.558. The quantitative estimate of drug-likeness (QED) is 0.547. The van der Waals surface area contributed by atoms with Crippen molar-refractivity contribution in [2.24, 2.45) is 0 Å². The summed E-state index contributed by atoms with van der Waals surface area (Å²) in [6.45, 7) is 4.97. The standard InChI is InChI=1S/C11H22N4OS/c1-4-7-15-10(16)13-14-11(15)17-8-5-6-9(2)12-3/h9,12H,4-8H2,1-3H3,(H,13,16). The minimum Gasteiger partial charge on any atom is -0.317 e. The van der Waals surface area contributed by atoms with Gasteiger partial charge in [-0.1, -0.05) is 18.7 Å². The van der Waals surface area contributed by atoms with Gasteiger partial charge in [0.15, 0.2) is 5.16 Å². The molecule has 1 aromatic rings. The normalized spacial score (nSPS) is 12.9. The molecule has 0 bridgehead atoms. The van der Waals surface area contributed by atoms with E-state index in [2.05, 4.69) is 29.4 Å². The first-order chi connectivity index (χ1) is 8.19. The summed E-state index contributed by atoms with van der Waals surface area (Å²) in [4.78, 5) is 11.4. The molecular weight excluding hydrogens is 236 g/mol. The van der Waals surface area contributed by atoms with Crippen LogP contribution in [-0.4, -0.2) is 33.6 Å². The predicted molar refractivity (Wildman–Crippen MR) is 71.6 cm³/mol. The predicted octanol–water partition coefficient (Wildman–Crippen LogP) is 1.46. The van der Waals surface area contributed by atoms with E-state index in [0.29, 0.717) is 6.04 Å². The highest BCUT2D eigenvalue weighted by atomic mass is 32.2. The third-order valence-corrected chi connectivity index (χ3v) is 3.74.